The third-order valence-corrected chi connectivity index (χ3v) is 4.04. The van der Waals surface area contributed by atoms with Gasteiger partial charge in [0.2, 0.25) is 0 Å². The lowest BCUT2D eigenvalue weighted by Gasteiger charge is -2.25. The van der Waals surface area contributed by atoms with Gasteiger partial charge in [0.25, 0.3) is 5.91 Å². The first kappa shape index (κ1) is 17.1. The zero-order chi connectivity index (χ0) is 16.8. The van der Waals surface area contributed by atoms with Crippen LogP contribution in [0.5, 0.6) is 11.5 Å². The second-order valence-electron chi connectivity index (χ2n) is 5.77. The maximum Gasteiger partial charge on any atom is 0.335 e. The highest BCUT2D eigenvalue weighted by molar-refractivity contribution is 5.88. The molecule has 0 saturated heterocycles. The lowest BCUT2D eigenvalue weighted by molar-refractivity contribution is -0.128. The number of ether oxygens (including phenoxy) is 2. The van der Waals surface area contributed by atoms with Crippen LogP contribution in [0.15, 0.2) is 18.2 Å². The average molecular weight is 321 g/mol. The smallest absolute Gasteiger partial charge is 0.335 e. The van der Waals surface area contributed by atoms with Crippen LogP contribution in [0.25, 0.3) is 0 Å². The maximum absolute atomic E-state index is 12.2. The van der Waals surface area contributed by atoms with Crippen LogP contribution in [0, 0.1) is 0 Å². The van der Waals surface area contributed by atoms with Crippen molar-refractivity contribution in [3.8, 4) is 11.5 Å². The maximum atomic E-state index is 12.2. The molecule has 2 rings (SSSR count). The van der Waals surface area contributed by atoms with Crippen molar-refractivity contribution in [2.45, 2.75) is 51.2 Å². The average Bonchev–Trinajstić information content (AvgIpc) is 2.55. The highest BCUT2D eigenvalue weighted by Crippen LogP contribution is 2.29. The minimum absolute atomic E-state index is 0.105. The van der Waals surface area contributed by atoms with E-state index in [-0.39, 0.29) is 17.5 Å². The van der Waals surface area contributed by atoms with Gasteiger partial charge < -0.3 is 19.9 Å². The number of benzene rings is 1. The van der Waals surface area contributed by atoms with Crippen LogP contribution in [-0.2, 0) is 4.79 Å². The molecule has 1 aromatic rings. The lowest BCUT2D eigenvalue weighted by atomic mass is 9.95. The summed E-state index contributed by atoms with van der Waals surface area (Å²) in [5.41, 5.74) is 0.105. The summed E-state index contributed by atoms with van der Waals surface area (Å²) in [5, 5.41) is 12.0. The van der Waals surface area contributed by atoms with Crippen molar-refractivity contribution in [3.05, 3.63) is 23.8 Å². The van der Waals surface area contributed by atoms with Crippen LogP contribution >= 0.6 is 0 Å². The number of hydrogen-bond donors (Lipinski definition) is 2. The molecule has 2 N–H and O–H groups in total. The highest BCUT2D eigenvalue weighted by atomic mass is 16.5. The van der Waals surface area contributed by atoms with Gasteiger partial charge in [-0.2, -0.15) is 0 Å². The van der Waals surface area contributed by atoms with E-state index in [9.17, 15) is 9.59 Å². The first-order valence-corrected chi connectivity index (χ1v) is 7.89. The summed E-state index contributed by atoms with van der Waals surface area (Å²) in [6, 6.07) is 4.53. The quantitative estimate of drug-likeness (QED) is 0.841. The van der Waals surface area contributed by atoms with Crippen molar-refractivity contribution in [3.63, 3.8) is 0 Å². The molecule has 1 atom stereocenters. The van der Waals surface area contributed by atoms with Gasteiger partial charge in [0, 0.05) is 6.04 Å². The normalized spacial score (nSPS) is 16.4. The molecule has 1 fully saturated rings. The lowest BCUT2D eigenvalue weighted by Crippen LogP contribution is -2.43. The monoisotopic (exact) mass is 321 g/mol. The van der Waals surface area contributed by atoms with Crippen LogP contribution in [0.4, 0.5) is 0 Å². The minimum Gasteiger partial charge on any atom is -0.493 e. The SMILES string of the molecule is COc1cc(C(=O)O)ccc1OC(C)C(=O)NC1CCCCC1. The number of carbonyl (C=O) groups is 2. The Kier molecular flexibility index (Phi) is 5.84. The predicted molar refractivity (Wildman–Crippen MR) is 85.1 cm³/mol. The van der Waals surface area contributed by atoms with E-state index in [4.69, 9.17) is 14.6 Å². The summed E-state index contributed by atoms with van der Waals surface area (Å²) in [7, 11) is 1.43. The molecule has 23 heavy (non-hydrogen) atoms. The Morgan fingerprint density at radius 3 is 2.52 bits per heavy atom. The minimum atomic E-state index is -1.04. The number of nitrogens with one attached hydrogen (secondary N) is 1. The van der Waals surface area contributed by atoms with Gasteiger partial charge in [-0.3, -0.25) is 4.79 Å². The van der Waals surface area contributed by atoms with Crippen molar-refractivity contribution in [2.75, 3.05) is 7.11 Å². The van der Waals surface area contributed by atoms with Crippen molar-refractivity contribution >= 4 is 11.9 Å². The standard InChI is InChI=1S/C17H23NO5/c1-11(16(19)18-13-6-4-3-5-7-13)23-14-9-8-12(17(20)21)10-15(14)22-2/h8-11,13H,3-7H2,1-2H3,(H,18,19)(H,20,21). The molecule has 0 radical (unpaired) electrons. The van der Waals surface area contributed by atoms with Gasteiger partial charge >= 0.3 is 5.97 Å². The van der Waals surface area contributed by atoms with E-state index < -0.39 is 12.1 Å². The molecule has 6 nitrogen and oxygen atoms in total. The predicted octanol–water partition coefficient (Wildman–Crippen LogP) is 2.61. The molecule has 0 bridgehead atoms. The van der Waals surface area contributed by atoms with Gasteiger partial charge in [-0.25, -0.2) is 4.79 Å². The van der Waals surface area contributed by atoms with Crippen LogP contribution in [-0.4, -0.2) is 36.2 Å². The van der Waals surface area contributed by atoms with E-state index in [2.05, 4.69) is 5.32 Å². The van der Waals surface area contributed by atoms with Gasteiger partial charge in [-0.05, 0) is 38.0 Å². The molecule has 0 spiro atoms. The van der Waals surface area contributed by atoms with Crippen LogP contribution < -0.4 is 14.8 Å². The number of carboxylic acids is 1. The van der Waals surface area contributed by atoms with Crippen LogP contribution in [0.1, 0.15) is 49.4 Å². The van der Waals surface area contributed by atoms with Crippen LogP contribution in [0.3, 0.4) is 0 Å². The van der Waals surface area contributed by atoms with Crippen molar-refractivity contribution < 1.29 is 24.2 Å². The van der Waals surface area contributed by atoms with E-state index in [1.807, 2.05) is 0 Å². The number of rotatable bonds is 6. The highest BCUT2D eigenvalue weighted by Gasteiger charge is 2.22. The van der Waals surface area contributed by atoms with Crippen molar-refractivity contribution in [2.24, 2.45) is 0 Å². The van der Waals surface area contributed by atoms with Gasteiger partial charge in [0.15, 0.2) is 17.6 Å². The van der Waals surface area contributed by atoms with E-state index >= 15 is 0 Å². The number of methoxy groups -OCH3 is 1. The van der Waals surface area contributed by atoms with E-state index in [1.54, 1.807) is 6.92 Å². The van der Waals surface area contributed by atoms with Gasteiger partial charge in [-0.1, -0.05) is 19.3 Å². The van der Waals surface area contributed by atoms with E-state index in [0.29, 0.717) is 11.5 Å². The van der Waals surface area contributed by atoms with Gasteiger partial charge in [0.05, 0.1) is 12.7 Å². The second kappa shape index (κ2) is 7.85. The summed E-state index contributed by atoms with van der Waals surface area (Å²) in [6.45, 7) is 1.67. The number of hydrogen-bond acceptors (Lipinski definition) is 4. The number of aromatic carboxylic acids is 1. The Balaban J connectivity index is 1.99. The van der Waals surface area contributed by atoms with Crippen molar-refractivity contribution in [1.82, 2.24) is 5.32 Å². The second-order valence-corrected chi connectivity index (χ2v) is 5.77. The van der Waals surface area contributed by atoms with Crippen molar-refractivity contribution in [1.29, 1.82) is 0 Å². The number of carboxylic acid groups (broad SMARTS) is 1. The van der Waals surface area contributed by atoms with E-state index in [1.165, 1.54) is 31.7 Å². The molecule has 1 aliphatic rings. The molecule has 1 unspecified atom stereocenters. The Morgan fingerprint density at radius 2 is 1.91 bits per heavy atom. The molecule has 1 aliphatic carbocycles. The summed E-state index contributed by atoms with van der Waals surface area (Å²) in [5.74, 6) is -0.565. The Bertz CT molecular complexity index is 566. The Morgan fingerprint density at radius 1 is 1.22 bits per heavy atom. The molecule has 6 heteroatoms. The van der Waals surface area contributed by atoms with Crippen LogP contribution in [0.2, 0.25) is 0 Å². The van der Waals surface area contributed by atoms with Gasteiger partial charge in [0.1, 0.15) is 0 Å². The number of carbonyl (C=O) groups excluding carboxylic acids is 1. The summed E-state index contributed by atoms with van der Waals surface area (Å²) >= 11 is 0. The summed E-state index contributed by atoms with van der Waals surface area (Å²) in [6.07, 6.45) is 4.85. The number of amides is 1. The first-order valence-electron chi connectivity index (χ1n) is 7.89. The Labute approximate surface area is 135 Å². The summed E-state index contributed by atoms with van der Waals surface area (Å²) < 4.78 is 10.8. The fourth-order valence-corrected chi connectivity index (χ4v) is 2.71. The molecule has 0 aromatic heterocycles. The molecule has 126 valence electrons. The zero-order valence-electron chi connectivity index (χ0n) is 13.5. The summed E-state index contributed by atoms with van der Waals surface area (Å²) in [4.78, 5) is 23.2. The molecular weight excluding hydrogens is 298 g/mol. The third-order valence-electron chi connectivity index (χ3n) is 4.04. The Hall–Kier alpha value is -2.24. The topological polar surface area (TPSA) is 84.9 Å². The molecule has 1 amide bonds. The van der Waals surface area contributed by atoms with E-state index in [0.717, 1.165) is 25.7 Å². The zero-order valence-corrected chi connectivity index (χ0v) is 13.5. The first-order chi connectivity index (χ1) is 11.0. The fourth-order valence-electron chi connectivity index (χ4n) is 2.71. The molecule has 1 aromatic carbocycles. The molecule has 1 saturated carbocycles. The van der Waals surface area contributed by atoms with Gasteiger partial charge in [-0.15, -0.1) is 0 Å². The molecular formula is C17H23NO5. The molecule has 0 aliphatic heterocycles. The fraction of sp³-hybridized carbons (Fsp3) is 0.529. The molecule has 0 heterocycles. The largest absolute Gasteiger partial charge is 0.493 e. The third kappa shape index (κ3) is 4.61.